The Bertz CT molecular complexity index is 1940. The molecule has 2 aromatic rings. The Morgan fingerprint density at radius 2 is 1.33 bits per heavy atom. The minimum atomic E-state index is -0.373. The molecule has 0 atom stereocenters. The van der Waals surface area contributed by atoms with Gasteiger partial charge in [0.1, 0.15) is 0 Å². The monoisotopic (exact) mass is 652 g/mol. The number of nitrogens with zero attached hydrogens (tertiary/aromatic N) is 2. The van der Waals surface area contributed by atoms with Gasteiger partial charge in [-0.3, -0.25) is 9.59 Å². The second kappa shape index (κ2) is 14.4. The molecule has 0 N–H and O–H groups in total. The van der Waals surface area contributed by atoms with Crippen LogP contribution in [0.2, 0.25) is 0 Å². The summed E-state index contributed by atoms with van der Waals surface area (Å²) in [6.45, 7) is 25.8. The second-order valence-electron chi connectivity index (χ2n) is 14.6. The number of hydrogen-bond acceptors (Lipinski definition) is 5. The molecule has 0 amide bonds. The Morgan fingerprint density at radius 1 is 0.796 bits per heavy atom. The van der Waals surface area contributed by atoms with E-state index in [9.17, 15) is 19.6 Å². The summed E-state index contributed by atoms with van der Waals surface area (Å²) >= 11 is 0. The van der Waals surface area contributed by atoms with Gasteiger partial charge in [0, 0.05) is 22.3 Å². The predicted octanol–water partition coefficient (Wildman–Crippen LogP) is 10.1. The fourth-order valence-electron chi connectivity index (χ4n) is 6.09. The molecule has 6 heteroatoms. The van der Waals surface area contributed by atoms with E-state index in [2.05, 4.69) is 46.4 Å². The lowest BCUT2D eigenvalue weighted by Crippen LogP contribution is -2.28. The molecule has 0 unspecified atom stereocenters. The molecule has 0 spiro atoms. The Morgan fingerprint density at radius 3 is 1.84 bits per heavy atom. The first-order chi connectivity index (χ1) is 23.0. The molecule has 0 bridgehead atoms. The maximum atomic E-state index is 13.0. The molecule has 49 heavy (non-hydrogen) atoms. The molecule has 3 aliphatic rings. The van der Waals surface area contributed by atoms with Crippen LogP contribution in [-0.4, -0.2) is 24.1 Å². The van der Waals surface area contributed by atoms with Crippen molar-refractivity contribution in [2.24, 2.45) is 10.8 Å². The number of hydrogen-bond donors (Lipinski definition) is 0. The summed E-state index contributed by atoms with van der Waals surface area (Å²) in [5, 5.41) is 9.35. The summed E-state index contributed by atoms with van der Waals surface area (Å²) in [5.41, 5.74) is 8.92. The highest BCUT2D eigenvalue weighted by Gasteiger charge is 2.35. The highest BCUT2D eigenvalue weighted by molar-refractivity contribution is 6.13. The standard InChI is InChI=1S/C22H28O2.C21H16N2O2/c1-13-9-15(10-14(2)19(13)23)16-11-17(21(3,4)5)20(24)18(12-16)22(6,7)8;1-3-4-12-25-21(24)17-11-7-10-16-19(17)14-8-5-6-9-15(14)20(16)18(13-22)23-2/h9-12H,1-8H3;5-11H,3-4,12H2,1H3/b;20-18+. The highest BCUT2D eigenvalue weighted by atomic mass is 16.5. The lowest BCUT2D eigenvalue weighted by atomic mass is 9.71. The van der Waals surface area contributed by atoms with Crippen LogP contribution in [0.25, 0.3) is 21.5 Å². The Balaban J connectivity index is 0.000000221. The van der Waals surface area contributed by atoms with Crippen molar-refractivity contribution in [3.05, 3.63) is 134 Å². The van der Waals surface area contributed by atoms with E-state index in [4.69, 9.17) is 11.3 Å². The minimum Gasteiger partial charge on any atom is -0.462 e. The molecular weight excluding hydrogens is 608 g/mol. The SMILES string of the molecule is CC1=CC(=C2C=C(C(C)(C)C)C(=O)C(C(C)(C)C)=C2)C=C(C)C1=O.[C-]#[N+]/C(C#N)=C1\c2ccccc2-c2c(C(=O)OCCCC)cccc21. The van der Waals surface area contributed by atoms with Gasteiger partial charge in [0.15, 0.2) is 11.6 Å². The Hall–Kier alpha value is -5.33. The van der Waals surface area contributed by atoms with E-state index in [0.29, 0.717) is 17.7 Å². The summed E-state index contributed by atoms with van der Waals surface area (Å²) in [7, 11) is 0. The molecule has 0 aromatic heterocycles. The van der Waals surface area contributed by atoms with Crippen molar-refractivity contribution < 1.29 is 19.1 Å². The van der Waals surface area contributed by atoms with E-state index in [1.807, 2.05) is 81.5 Å². The second-order valence-corrected chi connectivity index (χ2v) is 14.6. The summed E-state index contributed by atoms with van der Waals surface area (Å²) in [4.78, 5) is 40.9. The van der Waals surface area contributed by atoms with Crippen molar-refractivity contribution >= 4 is 23.1 Å². The molecule has 0 saturated carbocycles. The van der Waals surface area contributed by atoms with Gasteiger partial charge in [-0.25, -0.2) is 14.9 Å². The van der Waals surface area contributed by atoms with Crippen LogP contribution in [0.5, 0.6) is 0 Å². The number of esters is 1. The first kappa shape index (κ1) is 36.5. The number of ketones is 2. The lowest BCUT2D eigenvalue weighted by Gasteiger charge is -2.32. The molecule has 0 saturated heterocycles. The molecule has 5 rings (SSSR count). The van der Waals surface area contributed by atoms with Crippen LogP contribution in [0, 0.1) is 28.7 Å². The normalized spacial score (nSPS) is 16.5. The van der Waals surface area contributed by atoms with Crippen molar-refractivity contribution in [2.75, 3.05) is 6.61 Å². The van der Waals surface area contributed by atoms with Crippen LogP contribution in [0.4, 0.5) is 0 Å². The molecular formula is C43H44N2O4. The number of ether oxygens (including phenoxy) is 1. The number of benzene rings is 2. The highest BCUT2D eigenvalue weighted by Crippen LogP contribution is 2.47. The molecule has 0 radical (unpaired) electrons. The third kappa shape index (κ3) is 7.55. The van der Waals surface area contributed by atoms with Gasteiger partial charge in [-0.2, -0.15) is 0 Å². The van der Waals surface area contributed by atoms with E-state index in [-0.39, 0.29) is 34.1 Å². The largest absolute Gasteiger partial charge is 0.462 e. The van der Waals surface area contributed by atoms with E-state index >= 15 is 0 Å². The van der Waals surface area contributed by atoms with Crippen LogP contribution >= 0.6 is 0 Å². The quantitative estimate of drug-likeness (QED) is 0.121. The van der Waals surface area contributed by atoms with E-state index in [1.54, 1.807) is 12.1 Å². The number of unbranched alkanes of at least 4 members (excludes halogenated alkanes) is 1. The van der Waals surface area contributed by atoms with Crippen molar-refractivity contribution in [1.29, 1.82) is 5.26 Å². The van der Waals surface area contributed by atoms with Gasteiger partial charge in [0.05, 0.1) is 24.8 Å². The summed E-state index contributed by atoms with van der Waals surface area (Å²) in [6, 6.07) is 14.8. The average molecular weight is 653 g/mol. The first-order valence-corrected chi connectivity index (χ1v) is 16.6. The summed E-state index contributed by atoms with van der Waals surface area (Å²) in [6.07, 6.45) is 9.61. The number of rotatable bonds is 4. The Kier molecular flexibility index (Phi) is 10.7. The fourth-order valence-corrected chi connectivity index (χ4v) is 6.09. The molecule has 250 valence electrons. The van der Waals surface area contributed by atoms with Crippen LogP contribution in [0.1, 0.15) is 96.6 Å². The zero-order valence-electron chi connectivity index (χ0n) is 30.0. The molecule has 0 aliphatic heterocycles. The van der Waals surface area contributed by atoms with Crippen LogP contribution < -0.4 is 0 Å². The molecule has 6 nitrogen and oxygen atoms in total. The van der Waals surface area contributed by atoms with Gasteiger partial charge >= 0.3 is 5.97 Å². The van der Waals surface area contributed by atoms with Crippen molar-refractivity contribution in [3.63, 3.8) is 0 Å². The third-order valence-corrected chi connectivity index (χ3v) is 8.70. The van der Waals surface area contributed by atoms with Crippen molar-refractivity contribution in [1.82, 2.24) is 0 Å². The number of carbonyl (C=O) groups is 3. The topological polar surface area (TPSA) is 88.6 Å². The van der Waals surface area contributed by atoms with Gasteiger partial charge in [0.2, 0.25) is 0 Å². The zero-order valence-corrected chi connectivity index (χ0v) is 30.0. The maximum Gasteiger partial charge on any atom is 0.338 e. The average Bonchev–Trinajstić information content (AvgIpc) is 3.38. The summed E-state index contributed by atoms with van der Waals surface area (Å²) in [5.74, 6) is -0.151. The molecule has 0 heterocycles. The lowest BCUT2D eigenvalue weighted by molar-refractivity contribution is -0.114. The van der Waals surface area contributed by atoms with Gasteiger partial charge in [-0.1, -0.05) is 91.3 Å². The van der Waals surface area contributed by atoms with Crippen LogP contribution in [-0.2, 0) is 14.3 Å². The summed E-state index contributed by atoms with van der Waals surface area (Å²) < 4.78 is 5.38. The zero-order chi connectivity index (χ0) is 36.3. The molecule has 2 aromatic carbocycles. The fraction of sp³-hybridized carbons (Fsp3) is 0.326. The molecule has 3 aliphatic carbocycles. The van der Waals surface area contributed by atoms with Gasteiger partial charge in [-0.15, -0.1) is 0 Å². The number of fused-ring (bicyclic) bond motifs is 3. The van der Waals surface area contributed by atoms with Crippen molar-refractivity contribution in [3.8, 4) is 17.2 Å². The smallest absolute Gasteiger partial charge is 0.338 e. The van der Waals surface area contributed by atoms with Gasteiger partial charge in [0.25, 0.3) is 5.70 Å². The maximum absolute atomic E-state index is 13.0. The predicted molar refractivity (Wildman–Crippen MR) is 195 cm³/mol. The van der Waals surface area contributed by atoms with Gasteiger partial charge < -0.3 is 4.74 Å². The van der Waals surface area contributed by atoms with Crippen LogP contribution in [0.3, 0.4) is 0 Å². The third-order valence-electron chi connectivity index (χ3n) is 8.70. The number of nitriles is 1. The number of allylic oxidation sites excluding steroid dienone is 11. The number of carbonyl (C=O) groups excluding carboxylic acids is 3. The van der Waals surface area contributed by atoms with Crippen LogP contribution in [0.15, 0.2) is 106 Å². The van der Waals surface area contributed by atoms with E-state index in [1.165, 1.54) is 0 Å². The minimum absolute atomic E-state index is 0.0303. The number of Topliss-reactive ketones (excluding diaryl/α,β-unsaturated/α-hetero) is 2. The first-order valence-electron chi connectivity index (χ1n) is 16.6. The molecule has 0 fully saturated rings. The van der Waals surface area contributed by atoms with Gasteiger partial charge in [-0.05, 0) is 100 Å². The Labute approximate surface area is 290 Å². The van der Waals surface area contributed by atoms with E-state index in [0.717, 1.165) is 68.5 Å². The van der Waals surface area contributed by atoms with Crippen molar-refractivity contribution in [2.45, 2.75) is 75.2 Å². The van der Waals surface area contributed by atoms with E-state index < -0.39 is 0 Å².